The van der Waals surface area contributed by atoms with E-state index in [4.69, 9.17) is 34.8 Å². The van der Waals surface area contributed by atoms with Crippen molar-refractivity contribution >= 4 is 40.7 Å². The molecule has 3 rings (SSSR count). The van der Waals surface area contributed by atoms with Crippen LogP contribution in [0.4, 0.5) is 0 Å². The van der Waals surface area contributed by atoms with Crippen LogP contribution in [0.1, 0.15) is 28.8 Å². The molecule has 0 aliphatic heterocycles. The molecule has 0 radical (unpaired) electrons. The molecule has 0 N–H and O–H groups in total. The second kappa shape index (κ2) is 6.45. The van der Waals surface area contributed by atoms with Crippen LogP contribution in [-0.4, -0.2) is 21.8 Å². The van der Waals surface area contributed by atoms with Gasteiger partial charge in [-0.25, -0.2) is 4.98 Å². The van der Waals surface area contributed by atoms with Crippen LogP contribution >= 0.6 is 34.8 Å². The average molecular weight is 356 g/mol. The van der Waals surface area contributed by atoms with Crippen molar-refractivity contribution in [2.24, 2.45) is 0 Å². The molecular formula is C16H13Cl3N2O. The number of hydrogen-bond acceptors (Lipinski definition) is 2. The standard InChI is InChI=1S/C16H13Cl3N2O/c17-12-3-1-10(2-4-12)9-21(13-5-6-13)16(22)11-7-14(18)20-15(19)8-11/h1-4,7-8,13H,5-6,9H2. The van der Waals surface area contributed by atoms with E-state index < -0.39 is 0 Å². The number of amides is 1. The summed E-state index contributed by atoms with van der Waals surface area (Å²) in [5, 5.41) is 1.12. The van der Waals surface area contributed by atoms with Crippen LogP contribution in [0.3, 0.4) is 0 Å². The van der Waals surface area contributed by atoms with Crippen LogP contribution < -0.4 is 0 Å². The Balaban J connectivity index is 1.84. The molecule has 0 atom stereocenters. The number of benzene rings is 1. The minimum Gasteiger partial charge on any atom is -0.331 e. The van der Waals surface area contributed by atoms with Crippen molar-refractivity contribution in [1.82, 2.24) is 9.88 Å². The highest BCUT2D eigenvalue weighted by atomic mass is 35.5. The zero-order chi connectivity index (χ0) is 15.7. The molecule has 2 aromatic rings. The van der Waals surface area contributed by atoms with Gasteiger partial charge in [0.05, 0.1) is 0 Å². The van der Waals surface area contributed by atoms with E-state index >= 15 is 0 Å². The van der Waals surface area contributed by atoms with Crippen LogP contribution in [-0.2, 0) is 6.54 Å². The van der Waals surface area contributed by atoms with Crippen molar-refractivity contribution in [3.8, 4) is 0 Å². The van der Waals surface area contributed by atoms with Crippen molar-refractivity contribution < 1.29 is 4.79 Å². The average Bonchev–Trinajstić information content (AvgIpc) is 3.29. The molecule has 6 heteroatoms. The van der Waals surface area contributed by atoms with E-state index in [1.165, 1.54) is 0 Å². The molecule has 22 heavy (non-hydrogen) atoms. The molecule has 1 fully saturated rings. The summed E-state index contributed by atoms with van der Waals surface area (Å²) in [6.45, 7) is 0.540. The third kappa shape index (κ3) is 3.72. The molecule has 1 heterocycles. The molecular weight excluding hydrogens is 343 g/mol. The molecule has 0 saturated heterocycles. The lowest BCUT2D eigenvalue weighted by Crippen LogP contribution is -2.32. The SMILES string of the molecule is O=C(c1cc(Cl)nc(Cl)c1)N(Cc1ccc(Cl)cc1)C1CC1. The summed E-state index contributed by atoms with van der Waals surface area (Å²) in [6, 6.07) is 10.9. The highest BCUT2D eigenvalue weighted by Gasteiger charge is 2.33. The topological polar surface area (TPSA) is 33.2 Å². The Hall–Kier alpha value is -1.29. The number of halogens is 3. The smallest absolute Gasteiger partial charge is 0.254 e. The van der Waals surface area contributed by atoms with E-state index in [-0.39, 0.29) is 22.3 Å². The summed E-state index contributed by atoms with van der Waals surface area (Å²) in [5.74, 6) is -0.0800. The summed E-state index contributed by atoms with van der Waals surface area (Å²) in [4.78, 5) is 18.5. The van der Waals surface area contributed by atoms with Crippen molar-refractivity contribution in [3.63, 3.8) is 0 Å². The molecule has 1 aromatic heterocycles. The van der Waals surface area contributed by atoms with E-state index in [0.717, 1.165) is 18.4 Å². The highest BCUT2D eigenvalue weighted by Crippen LogP contribution is 2.30. The van der Waals surface area contributed by atoms with Gasteiger partial charge >= 0.3 is 0 Å². The minimum absolute atomic E-state index is 0.0800. The number of hydrogen-bond donors (Lipinski definition) is 0. The molecule has 0 unspecified atom stereocenters. The van der Waals surface area contributed by atoms with Gasteiger partial charge in [-0.2, -0.15) is 0 Å². The quantitative estimate of drug-likeness (QED) is 0.735. The van der Waals surface area contributed by atoms with Gasteiger partial charge in [-0.1, -0.05) is 46.9 Å². The number of aromatic nitrogens is 1. The third-order valence-corrected chi connectivity index (χ3v) is 4.16. The lowest BCUT2D eigenvalue weighted by molar-refractivity contribution is 0.0730. The molecule has 1 aromatic carbocycles. The number of carbonyl (C=O) groups excluding carboxylic acids is 1. The van der Waals surface area contributed by atoms with Gasteiger partial charge in [-0.15, -0.1) is 0 Å². The van der Waals surface area contributed by atoms with Crippen LogP contribution in [0.15, 0.2) is 36.4 Å². The Kier molecular flexibility index (Phi) is 4.57. The lowest BCUT2D eigenvalue weighted by atomic mass is 10.1. The largest absolute Gasteiger partial charge is 0.331 e. The fourth-order valence-corrected chi connectivity index (χ4v) is 2.88. The van der Waals surface area contributed by atoms with E-state index in [9.17, 15) is 4.79 Å². The predicted octanol–water partition coefficient (Wildman–Crippen LogP) is 4.85. The molecule has 1 saturated carbocycles. The van der Waals surface area contributed by atoms with Gasteiger partial charge < -0.3 is 4.90 Å². The van der Waals surface area contributed by atoms with Gasteiger partial charge in [0.15, 0.2) is 0 Å². The second-order valence-corrected chi connectivity index (χ2v) is 6.50. The monoisotopic (exact) mass is 354 g/mol. The molecule has 1 amide bonds. The van der Waals surface area contributed by atoms with Gasteiger partial charge in [0, 0.05) is 23.2 Å². The maximum atomic E-state index is 12.8. The van der Waals surface area contributed by atoms with Crippen molar-refractivity contribution in [2.45, 2.75) is 25.4 Å². The summed E-state index contributed by atoms with van der Waals surface area (Å²) < 4.78 is 0. The third-order valence-electron chi connectivity index (χ3n) is 3.52. The first-order valence-electron chi connectivity index (χ1n) is 6.91. The van der Waals surface area contributed by atoms with Gasteiger partial charge in [0.1, 0.15) is 10.3 Å². The van der Waals surface area contributed by atoms with E-state index in [1.54, 1.807) is 12.1 Å². The van der Waals surface area contributed by atoms with Crippen molar-refractivity contribution in [2.75, 3.05) is 0 Å². The summed E-state index contributed by atoms with van der Waals surface area (Å²) in [6.07, 6.45) is 2.04. The molecule has 0 bridgehead atoms. The van der Waals surface area contributed by atoms with Crippen LogP contribution in [0.25, 0.3) is 0 Å². The number of nitrogens with zero attached hydrogens (tertiary/aromatic N) is 2. The Morgan fingerprint density at radius 3 is 2.23 bits per heavy atom. The Bertz CT molecular complexity index is 679. The fourth-order valence-electron chi connectivity index (χ4n) is 2.29. The first-order chi connectivity index (χ1) is 10.5. The Morgan fingerprint density at radius 1 is 1.09 bits per heavy atom. The minimum atomic E-state index is -0.0800. The molecule has 1 aliphatic carbocycles. The van der Waals surface area contributed by atoms with E-state index in [2.05, 4.69) is 4.98 Å². The lowest BCUT2D eigenvalue weighted by Gasteiger charge is -2.23. The fraction of sp³-hybridized carbons (Fsp3) is 0.250. The highest BCUT2D eigenvalue weighted by molar-refractivity contribution is 6.33. The maximum absolute atomic E-state index is 12.8. The zero-order valence-electron chi connectivity index (χ0n) is 11.6. The van der Waals surface area contributed by atoms with Gasteiger partial charge in [-0.3, -0.25) is 4.79 Å². The van der Waals surface area contributed by atoms with Crippen LogP contribution in [0, 0.1) is 0 Å². The van der Waals surface area contributed by atoms with E-state index in [0.29, 0.717) is 17.1 Å². The number of carbonyl (C=O) groups is 1. The van der Waals surface area contributed by atoms with Gasteiger partial charge in [-0.05, 0) is 42.7 Å². The van der Waals surface area contributed by atoms with Crippen LogP contribution in [0.2, 0.25) is 15.3 Å². The first-order valence-corrected chi connectivity index (χ1v) is 8.05. The summed E-state index contributed by atoms with van der Waals surface area (Å²) >= 11 is 17.7. The predicted molar refractivity (Wildman–Crippen MR) is 88.6 cm³/mol. The zero-order valence-corrected chi connectivity index (χ0v) is 13.9. The molecule has 114 valence electrons. The first kappa shape index (κ1) is 15.6. The maximum Gasteiger partial charge on any atom is 0.254 e. The number of rotatable bonds is 4. The number of pyridine rings is 1. The Labute approximate surface area is 143 Å². The van der Waals surface area contributed by atoms with Gasteiger partial charge in [0.2, 0.25) is 0 Å². The summed E-state index contributed by atoms with van der Waals surface area (Å²) in [7, 11) is 0. The Morgan fingerprint density at radius 2 is 1.68 bits per heavy atom. The van der Waals surface area contributed by atoms with Gasteiger partial charge in [0.25, 0.3) is 5.91 Å². The molecule has 0 spiro atoms. The summed E-state index contributed by atoms with van der Waals surface area (Å²) in [5.41, 5.74) is 1.50. The van der Waals surface area contributed by atoms with Crippen molar-refractivity contribution in [3.05, 3.63) is 62.9 Å². The molecule has 3 nitrogen and oxygen atoms in total. The second-order valence-electron chi connectivity index (χ2n) is 5.29. The van der Waals surface area contributed by atoms with E-state index in [1.807, 2.05) is 29.2 Å². The van der Waals surface area contributed by atoms with Crippen molar-refractivity contribution in [1.29, 1.82) is 0 Å². The normalized spacial score (nSPS) is 14.0. The van der Waals surface area contributed by atoms with Crippen LogP contribution in [0.5, 0.6) is 0 Å². The molecule has 1 aliphatic rings.